The van der Waals surface area contributed by atoms with E-state index < -0.39 is 0 Å². The van der Waals surface area contributed by atoms with Crippen LogP contribution in [0.2, 0.25) is 0 Å². The van der Waals surface area contributed by atoms with E-state index in [4.69, 9.17) is 4.74 Å². The Hall–Kier alpha value is -1.23. The summed E-state index contributed by atoms with van der Waals surface area (Å²) in [5.74, 6) is 0.366. The van der Waals surface area contributed by atoms with E-state index in [2.05, 4.69) is 33.4 Å². The van der Waals surface area contributed by atoms with Crippen LogP contribution in [-0.4, -0.2) is 36.7 Å². The Bertz CT molecular complexity index is 506. The maximum Gasteiger partial charge on any atom is 0.409 e. The van der Waals surface area contributed by atoms with Crippen molar-refractivity contribution in [2.24, 2.45) is 0 Å². The molecule has 1 amide bonds. The van der Waals surface area contributed by atoms with Crippen molar-refractivity contribution in [3.05, 3.63) is 28.2 Å². The van der Waals surface area contributed by atoms with Crippen molar-refractivity contribution in [2.45, 2.75) is 25.3 Å². The summed E-state index contributed by atoms with van der Waals surface area (Å²) in [6, 6.07) is 6.67. The first-order valence-corrected chi connectivity index (χ1v) is 7.46. The Morgan fingerprint density at radius 3 is 3.21 bits per heavy atom. The third-order valence-electron chi connectivity index (χ3n) is 3.91. The van der Waals surface area contributed by atoms with Gasteiger partial charge in [-0.2, -0.15) is 0 Å². The molecule has 1 aromatic carbocycles. The maximum absolute atomic E-state index is 11.8. The average molecular weight is 325 g/mol. The lowest BCUT2D eigenvalue weighted by atomic mass is 9.89. The zero-order valence-electron chi connectivity index (χ0n) is 10.9. The third kappa shape index (κ3) is 2.20. The van der Waals surface area contributed by atoms with Crippen molar-refractivity contribution in [1.82, 2.24) is 4.90 Å². The van der Waals surface area contributed by atoms with Gasteiger partial charge in [-0.25, -0.2) is 4.79 Å². The molecular weight excluding hydrogens is 308 g/mol. The van der Waals surface area contributed by atoms with Crippen LogP contribution in [0.15, 0.2) is 22.7 Å². The summed E-state index contributed by atoms with van der Waals surface area (Å²) in [7, 11) is 0. The molecule has 1 fully saturated rings. The molecule has 2 aliphatic heterocycles. The molecule has 2 atom stereocenters. The highest BCUT2D eigenvalue weighted by molar-refractivity contribution is 9.10. The van der Waals surface area contributed by atoms with E-state index in [0.29, 0.717) is 18.6 Å². The smallest absolute Gasteiger partial charge is 0.409 e. The van der Waals surface area contributed by atoms with Crippen molar-refractivity contribution >= 4 is 27.7 Å². The monoisotopic (exact) mass is 324 g/mol. The van der Waals surface area contributed by atoms with Crippen LogP contribution in [0.3, 0.4) is 0 Å². The molecule has 0 radical (unpaired) electrons. The molecule has 1 aromatic rings. The number of carbonyl (C=O) groups is 1. The largest absolute Gasteiger partial charge is 0.450 e. The molecule has 3 rings (SSSR count). The number of rotatable bonds is 1. The lowest BCUT2D eigenvalue weighted by molar-refractivity contribution is 0.0949. The SMILES string of the molecule is CCOC(=O)N1CC[C@@H]2Nc3c(Br)cccc3[C@H]2C1. The Labute approximate surface area is 121 Å². The fourth-order valence-corrected chi connectivity index (χ4v) is 3.50. The molecule has 2 aliphatic rings. The zero-order valence-corrected chi connectivity index (χ0v) is 12.4. The third-order valence-corrected chi connectivity index (χ3v) is 4.57. The molecule has 0 unspecified atom stereocenters. The van der Waals surface area contributed by atoms with E-state index in [9.17, 15) is 4.79 Å². The predicted octanol–water partition coefficient (Wildman–Crippen LogP) is 3.19. The molecular formula is C14H17BrN2O2. The Kier molecular flexibility index (Phi) is 3.39. The van der Waals surface area contributed by atoms with E-state index >= 15 is 0 Å². The number of halogens is 1. The summed E-state index contributed by atoms with van der Waals surface area (Å²) in [4.78, 5) is 13.7. The number of amides is 1. The van der Waals surface area contributed by atoms with Crippen LogP contribution in [0.4, 0.5) is 10.5 Å². The lowest BCUT2D eigenvalue weighted by Gasteiger charge is -2.34. The van der Waals surface area contributed by atoms with Gasteiger partial charge in [-0.1, -0.05) is 12.1 Å². The van der Waals surface area contributed by atoms with Crippen LogP contribution in [0, 0.1) is 0 Å². The number of hydrogen-bond donors (Lipinski definition) is 1. The van der Waals surface area contributed by atoms with Gasteiger partial charge in [0.1, 0.15) is 0 Å². The van der Waals surface area contributed by atoms with Gasteiger partial charge in [-0.3, -0.25) is 0 Å². The van der Waals surface area contributed by atoms with Crippen LogP contribution in [0.5, 0.6) is 0 Å². The average Bonchev–Trinajstić information content (AvgIpc) is 2.78. The molecule has 0 saturated carbocycles. The van der Waals surface area contributed by atoms with E-state index in [1.54, 1.807) is 0 Å². The van der Waals surface area contributed by atoms with Crippen LogP contribution in [0.25, 0.3) is 0 Å². The van der Waals surface area contributed by atoms with Gasteiger partial charge in [0, 0.05) is 29.5 Å². The first kappa shape index (κ1) is 12.8. The fourth-order valence-electron chi connectivity index (χ4n) is 3.01. The number of hydrogen-bond acceptors (Lipinski definition) is 3. The van der Waals surface area contributed by atoms with E-state index in [1.807, 2.05) is 17.9 Å². The summed E-state index contributed by atoms with van der Waals surface area (Å²) in [6.07, 6.45) is 0.773. The molecule has 0 aliphatic carbocycles. The van der Waals surface area contributed by atoms with Gasteiger partial charge in [-0.15, -0.1) is 0 Å². The fraction of sp³-hybridized carbons (Fsp3) is 0.500. The van der Waals surface area contributed by atoms with Gasteiger partial charge in [-0.05, 0) is 40.9 Å². The van der Waals surface area contributed by atoms with Crippen molar-refractivity contribution in [1.29, 1.82) is 0 Å². The molecule has 0 aromatic heterocycles. The molecule has 1 N–H and O–H groups in total. The number of carbonyl (C=O) groups excluding carboxylic acids is 1. The normalized spacial score (nSPS) is 24.4. The second-order valence-corrected chi connectivity index (χ2v) is 5.85. The van der Waals surface area contributed by atoms with Crippen LogP contribution in [-0.2, 0) is 4.74 Å². The van der Waals surface area contributed by atoms with Crippen molar-refractivity contribution in [2.75, 3.05) is 25.0 Å². The molecule has 102 valence electrons. The number of para-hydroxylation sites is 1. The number of nitrogens with one attached hydrogen (secondary N) is 1. The molecule has 19 heavy (non-hydrogen) atoms. The number of fused-ring (bicyclic) bond motifs is 3. The number of benzene rings is 1. The van der Waals surface area contributed by atoms with Gasteiger partial charge in [0.25, 0.3) is 0 Å². The second kappa shape index (κ2) is 5.04. The highest BCUT2D eigenvalue weighted by atomic mass is 79.9. The van der Waals surface area contributed by atoms with E-state index in [0.717, 1.165) is 24.0 Å². The number of likely N-dealkylation sites (tertiary alicyclic amines) is 1. The summed E-state index contributed by atoms with van der Waals surface area (Å²) < 4.78 is 6.20. The van der Waals surface area contributed by atoms with Crippen molar-refractivity contribution in [3.63, 3.8) is 0 Å². The Morgan fingerprint density at radius 2 is 2.42 bits per heavy atom. The minimum absolute atomic E-state index is 0.190. The molecule has 1 saturated heterocycles. The minimum Gasteiger partial charge on any atom is -0.450 e. The minimum atomic E-state index is -0.190. The highest BCUT2D eigenvalue weighted by Gasteiger charge is 2.39. The number of nitrogens with zero attached hydrogens (tertiary/aromatic N) is 1. The van der Waals surface area contributed by atoms with Gasteiger partial charge in [0.15, 0.2) is 0 Å². The molecule has 0 bridgehead atoms. The van der Waals surface area contributed by atoms with Crippen LogP contribution < -0.4 is 5.32 Å². The Balaban J connectivity index is 1.81. The summed E-state index contributed by atoms with van der Waals surface area (Å²) in [5, 5.41) is 3.57. The van der Waals surface area contributed by atoms with Gasteiger partial charge in [0.2, 0.25) is 0 Å². The van der Waals surface area contributed by atoms with E-state index in [1.165, 1.54) is 11.3 Å². The van der Waals surface area contributed by atoms with Crippen molar-refractivity contribution < 1.29 is 9.53 Å². The number of piperidine rings is 1. The highest BCUT2D eigenvalue weighted by Crippen LogP contribution is 2.43. The van der Waals surface area contributed by atoms with Gasteiger partial charge < -0.3 is 15.0 Å². The molecule has 4 nitrogen and oxygen atoms in total. The first-order chi connectivity index (χ1) is 9.20. The topological polar surface area (TPSA) is 41.6 Å². The predicted molar refractivity (Wildman–Crippen MR) is 77.5 cm³/mol. The number of anilines is 1. The zero-order chi connectivity index (χ0) is 13.4. The second-order valence-electron chi connectivity index (χ2n) is 4.99. The maximum atomic E-state index is 11.8. The standard InChI is InChI=1S/C14H17BrN2O2/c1-2-19-14(18)17-7-6-12-10(8-17)9-4-3-5-11(15)13(9)16-12/h3-5,10,12,16H,2,6-8H2,1H3/t10-,12+/m1/s1. The van der Waals surface area contributed by atoms with Crippen LogP contribution >= 0.6 is 15.9 Å². The Morgan fingerprint density at radius 1 is 1.58 bits per heavy atom. The summed E-state index contributed by atoms with van der Waals surface area (Å²) in [5.41, 5.74) is 2.48. The van der Waals surface area contributed by atoms with Gasteiger partial charge >= 0.3 is 6.09 Å². The quantitative estimate of drug-likeness (QED) is 0.862. The van der Waals surface area contributed by atoms with Gasteiger partial charge in [0.05, 0.1) is 12.3 Å². The molecule has 5 heteroatoms. The summed E-state index contributed by atoms with van der Waals surface area (Å²) in [6.45, 7) is 3.77. The van der Waals surface area contributed by atoms with Crippen molar-refractivity contribution in [3.8, 4) is 0 Å². The molecule has 0 spiro atoms. The lowest BCUT2D eigenvalue weighted by Crippen LogP contribution is -2.45. The van der Waals surface area contributed by atoms with E-state index in [-0.39, 0.29) is 6.09 Å². The molecule has 2 heterocycles. The first-order valence-electron chi connectivity index (χ1n) is 6.67. The van der Waals surface area contributed by atoms with Crippen LogP contribution in [0.1, 0.15) is 24.8 Å². The summed E-state index contributed by atoms with van der Waals surface area (Å²) >= 11 is 3.58. The number of ether oxygens (including phenoxy) is 1.